The summed E-state index contributed by atoms with van der Waals surface area (Å²) in [5.74, 6) is -0.550. The zero-order valence-electron chi connectivity index (χ0n) is 15.1. The van der Waals surface area contributed by atoms with E-state index in [-0.39, 0.29) is 12.2 Å². The molecule has 1 fully saturated rings. The minimum Gasteiger partial charge on any atom is -0.467 e. The monoisotopic (exact) mass is 349 g/mol. The molecular formula is C19H27NO5. The number of carbonyl (C=O) groups excluding carboxylic acids is 2. The number of alkyl carbamates (subject to hydrolysis) is 1. The first-order chi connectivity index (χ1) is 11.9. The van der Waals surface area contributed by atoms with Crippen LogP contribution in [0.5, 0.6) is 0 Å². The van der Waals surface area contributed by atoms with Crippen LogP contribution in [0.4, 0.5) is 4.79 Å². The molecule has 1 aliphatic carbocycles. The Morgan fingerprint density at radius 2 is 1.84 bits per heavy atom. The number of amides is 1. The largest absolute Gasteiger partial charge is 0.467 e. The highest BCUT2D eigenvalue weighted by molar-refractivity contribution is 5.81. The van der Waals surface area contributed by atoms with Gasteiger partial charge in [0.2, 0.25) is 0 Å². The lowest BCUT2D eigenvalue weighted by molar-refractivity contribution is -0.152. The van der Waals surface area contributed by atoms with Gasteiger partial charge < -0.3 is 19.5 Å². The summed E-state index contributed by atoms with van der Waals surface area (Å²) in [6.45, 7) is 3.94. The molecule has 1 saturated carbocycles. The normalized spacial score (nSPS) is 18.2. The van der Waals surface area contributed by atoms with Crippen LogP contribution in [0.1, 0.15) is 45.1 Å². The summed E-state index contributed by atoms with van der Waals surface area (Å²) in [6.07, 6.45) is 2.93. The topological polar surface area (TPSA) is 73.9 Å². The maximum absolute atomic E-state index is 12.1. The van der Waals surface area contributed by atoms with Crippen LogP contribution in [0.2, 0.25) is 0 Å². The van der Waals surface area contributed by atoms with E-state index in [0.717, 1.165) is 31.2 Å². The third kappa shape index (κ3) is 5.74. The van der Waals surface area contributed by atoms with Gasteiger partial charge in [0.05, 0.1) is 18.8 Å². The first-order valence-corrected chi connectivity index (χ1v) is 8.66. The summed E-state index contributed by atoms with van der Waals surface area (Å²) in [5.41, 5.74) is 0.608. The molecule has 0 heterocycles. The van der Waals surface area contributed by atoms with Crippen LogP contribution in [0.3, 0.4) is 0 Å². The SMILES string of the molecule is COC(=O)[C@@H](NC(=O)OCc1ccccc1)[C@@H](C)OC1(C)CCCC1. The number of esters is 1. The van der Waals surface area contributed by atoms with Crippen molar-refractivity contribution in [3.63, 3.8) is 0 Å². The minimum atomic E-state index is -0.911. The van der Waals surface area contributed by atoms with Crippen LogP contribution in [0, 0.1) is 0 Å². The number of nitrogens with one attached hydrogen (secondary N) is 1. The molecule has 0 aliphatic heterocycles. The molecule has 2 rings (SSSR count). The van der Waals surface area contributed by atoms with E-state index in [1.807, 2.05) is 37.3 Å². The minimum absolute atomic E-state index is 0.132. The lowest BCUT2D eigenvalue weighted by Crippen LogP contribution is -2.51. The molecule has 25 heavy (non-hydrogen) atoms. The number of ether oxygens (including phenoxy) is 3. The highest BCUT2D eigenvalue weighted by Gasteiger charge is 2.37. The number of carbonyl (C=O) groups is 2. The Balaban J connectivity index is 1.92. The zero-order valence-corrected chi connectivity index (χ0v) is 15.1. The average Bonchev–Trinajstić information content (AvgIpc) is 3.04. The predicted molar refractivity (Wildman–Crippen MR) is 93.0 cm³/mol. The molecule has 0 spiro atoms. The Labute approximate surface area is 148 Å². The highest BCUT2D eigenvalue weighted by Crippen LogP contribution is 2.34. The van der Waals surface area contributed by atoms with Crippen LogP contribution in [0.25, 0.3) is 0 Å². The summed E-state index contributed by atoms with van der Waals surface area (Å²) >= 11 is 0. The lowest BCUT2D eigenvalue weighted by Gasteiger charge is -2.32. The fourth-order valence-corrected chi connectivity index (χ4v) is 3.14. The molecule has 0 bridgehead atoms. The Kier molecular flexibility index (Phi) is 6.82. The average molecular weight is 349 g/mol. The predicted octanol–water partition coefficient (Wildman–Crippen LogP) is 3.19. The molecule has 1 aromatic carbocycles. The van der Waals surface area contributed by atoms with E-state index in [4.69, 9.17) is 14.2 Å². The second-order valence-corrected chi connectivity index (χ2v) is 6.69. The van der Waals surface area contributed by atoms with Crippen molar-refractivity contribution in [2.24, 2.45) is 0 Å². The number of rotatable bonds is 7. The molecule has 1 N–H and O–H groups in total. The molecule has 0 saturated heterocycles. The van der Waals surface area contributed by atoms with Crippen molar-refractivity contribution in [2.45, 2.75) is 63.9 Å². The van der Waals surface area contributed by atoms with Gasteiger partial charge in [0.15, 0.2) is 6.04 Å². The number of methoxy groups -OCH3 is 1. The van der Waals surface area contributed by atoms with E-state index in [1.54, 1.807) is 6.92 Å². The number of hydrogen-bond acceptors (Lipinski definition) is 5. The standard InChI is InChI=1S/C19H27NO5/c1-14(25-19(2)11-7-8-12-19)16(17(21)23-3)20-18(22)24-13-15-9-5-4-6-10-15/h4-6,9-10,14,16H,7-8,11-13H2,1-3H3,(H,20,22)/t14-,16+/m1/s1. The first kappa shape index (κ1) is 19.2. The van der Waals surface area contributed by atoms with Crippen molar-refractivity contribution in [2.75, 3.05) is 7.11 Å². The molecule has 0 unspecified atom stereocenters. The third-order valence-electron chi connectivity index (χ3n) is 4.54. The molecule has 0 radical (unpaired) electrons. The van der Waals surface area contributed by atoms with Crippen molar-refractivity contribution in [1.82, 2.24) is 5.32 Å². The van der Waals surface area contributed by atoms with Crippen LogP contribution >= 0.6 is 0 Å². The van der Waals surface area contributed by atoms with Crippen LogP contribution < -0.4 is 5.32 Å². The molecule has 2 atom stereocenters. The second-order valence-electron chi connectivity index (χ2n) is 6.69. The van der Waals surface area contributed by atoms with Gasteiger partial charge in [-0.3, -0.25) is 0 Å². The van der Waals surface area contributed by atoms with Crippen molar-refractivity contribution >= 4 is 12.1 Å². The quantitative estimate of drug-likeness (QED) is 0.765. The number of hydrogen-bond donors (Lipinski definition) is 1. The maximum Gasteiger partial charge on any atom is 0.408 e. The molecule has 6 heteroatoms. The van der Waals surface area contributed by atoms with Gasteiger partial charge in [0.1, 0.15) is 6.61 Å². The summed E-state index contributed by atoms with van der Waals surface area (Å²) in [4.78, 5) is 24.1. The van der Waals surface area contributed by atoms with Crippen molar-refractivity contribution in [1.29, 1.82) is 0 Å². The Hall–Kier alpha value is -2.08. The fourth-order valence-electron chi connectivity index (χ4n) is 3.14. The third-order valence-corrected chi connectivity index (χ3v) is 4.54. The molecule has 1 amide bonds. The van der Waals surface area contributed by atoms with Gasteiger partial charge in [-0.05, 0) is 32.3 Å². The second kappa shape index (κ2) is 8.85. The highest BCUT2D eigenvalue weighted by atomic mass is 16.6. The fraction of sp³-hybridized carbons (Fsp3) is 0.579. The van der Waals surface area contributed by atoms with E-state index >= 15 is 0 Å². The molecule has 1 aliphatic rings. The van der Waals surface area contributed by atoms with Crippen LogP contribution in [-0.2, 0) is 25.6 Å². The molecule has 6 nitrogen and oxygen atoms in total. The van der Waals surface area contributed by atoms with E-state index in [1.165, 1.54) is 7.11 Å². The Morgan fingerprint density at radius 1 is 1.20 bits per heavy atom. The van der Waals surface area contributed by atoms with Gasteiger partial charge >= 0.3 is 12.1 Å². The summed E-state index contributed by atoms with van der Waals surface area (Å²) in [5, 5.41) is 2.57. The van der Waals surface area contributed by atoms with E-state index in [0.29, 0.717) is 0 Å². The van der Waals surface area contributed by atoms with Gasteiger partial charge in [0.25, 0.3) is 0 Å². The van der Waals surface area contributed by atoms with E-state index in [9.17, 15) is 9.59 Å². The summed E-state index contributed by atoms with van der Waals surface area (Å²) < 4.78 is 16.1. The lowest BCUT2D eigenvalue weighted by atomic mass is 10.0. The van der Waals surface area contributed by atoms with Crippen LogP contribution in [-0.4, -0.2) is 36.9 Å². The van der Waals surface area contributed by atoms with Crippen LogP contribution in [0.15, 0.2) is 30.3 Å². The molecule has 0 aromatic heterocycles. The summed E-state index contributed by atoms with van der Waals surface area (Å²) in [6, 6.07) is 8.43. The van der Waals surface area contributed by atoms with Gasteiger partial charge in [-0.15, -0.1) is 0 Å². The first-order valence-electron chi connectivity index (χ1n) is 8.66. The van der Waals surface area contributed by atoms with E-state index in [2.05, 4.69) is 5.32 Å². The maximum atomic E-state index is 12.1. The zero-order chi connectivity index (χ0) is 18.3. The van der Waals surface area contributed by atoms with Crippen molar-refractivity contribution in [3.8, 4) is 0 Å². The smallest absolute Gasteiger partial charge is 0.408 e. The molecular weight excluding hydrogens is 322 g/mol. The van der Waals surface area contributed by atoms with Gasteiger partial charge in [-0.2, -0.15) is 0 Å². The van der Waals surface area contributed by atoms with Gasteiger partial charge in [0, 0.05) is 0 Å². The Morgan fingerprint density at radius 3 is 2.44 bits per heavy atom. The summed E-state index contributed by atoms with van der Waals surface area (Å²) in [7, 11) is 1.29. The van der Waals surface area contributed by atoms with Gasteiger partial charge in [-0.25, -0.2) is 9.59 Å². The van der Waals surface area contributed by atoms with Crippen molar-refractivity contribution < 1.29 is 23.8 Å². The molecule has 1 aromatic rings. The van der Waals surface area contributed by atoms with Crippen molar-refractivity contribution in [3.05, 3.63) is 35.9 Å². The van der Waals surface area contributed by atoms with E-state index < -0.39 is 24.2 Å². The van der Waals surface area contributed by atoms with Gasteiger partial charge in [-0.1, -0.05) is 43.2 Å². The Bertz CT molecular complexity index is 568. The molecule has 138 valence electrons. The number of benzene rings is 1.